The predicted molar refractivity (Wildman–Crippen MR) is 91.2 cm³/mol. The molecule has 1 aliphatic heterocycles. The summed E-state index contributed by atoms with van der Waals surface area (Å²) in [5.74, 6) is 0. The van der Waals surface area contributed by atoms with Crippen LogP contribution in [-0.2, 0) is 0 Å². The van der Waals surface area contributed by atoms with Gasteiger partial charge < -0.3 is 0 Å². The third-order valence-electron chi connectivity index (χ3n) is 2.86. The third kappa shape index (κ3) is 4.20. The Morgan fingerprint density at radius 1 is 1.20 bits per heavy atom. The molecule has 1 heterocycles. The molecular formula is C19H23N. The van der Waals surface area contributed by atoms with Gasteiger partial charge in [0.05, 0.1) is 6.04 Å². The van der Waals surface area contributed by atoms with Crippen LogP contribution in [0.3, 0.4) is 0 Å². The molecule has 0 saturated carbocycles. The second kappa shape index (κ2) is 8.87. The van der Waals surface area contributed by atoms with E-state index in [-0.39, 0.29) is 6.04 Å². The van der Waals surface area contributed by atoms with Crippen LogP contribution < -0.4 is 0 Å². The Morgan fingerprint density at radius 3 is 2.40 bits per heavy atom. The lowest BCUT2D eigenvalue weighted by atomic mass is 10.0. The SMILES string of the molecule is C=C/C=C(\C=C/C)c1ccc(C2C=CC=N2)cc1.CC. The predicted octanol–water partition coefficient (Wildman–Crippen LogP) is 5.54. The number of benzene rings is 1. The van der Waals surface area contributed by atoms with Crippen molar-refractivity contribution in [2.45, 2.75) is 26.8 Å². The number of hydrogen-bond donors (Lipinski definition) is 0. The quantitative estimate of drug-likeness (QED) is 0.634. The van der Waals surface area contributed by atoms with Gasteiger partial charge in [-0.15, -0.1) is 0 Å². The second-order valence-corrected chi connectivity index (χ2v) is 4.11. The summed E-state index contributed by atoms with van der Waals surface area (Å²) in [5.41, 5.74) is 3.59. The molecular weight excluding hydrogens is 242 g/mol. The van der Waals surface area contributed by atoms with E-state index in [1.807, 2.05) is 51.3 Å². The number of rotatable bonds is 4. The van der Waals surface area contributed by atoms with Crippen molar-refractivity contribution in [2.75, 3.05) is 0 Å². The molecule has 1 atom stereocenters. The highest BCUT2D eigenvalue weighted by Crippen LogP contribution is 2.24. The van der Waals surface area contributed by atoms with Crippen LogP contribution in [0.25, 0.3) is 5.57 Å². The molecule has 0 bridgehead atoms. The van der Waals surface area contributed by atoms with Gasteiger partial charge in [-0.1, -0.05) is 75.1 Å². The number of allylic oxidation sites excluding steroid dienone is 6. The highest BCUT2D eigenvalue weighted by molar-refractivity contribution is 5.76. The molecule has 0 saturated heterocycles. The third-order valence-corrected chi connectivity index (χ3v) is 2.86. The molecule has 0 aliphatic carbocycles. The lowest BCUT2D eigenvalue weighted by Crippen LogP contribution is -1.89. The summed E-state index contributed by atoms with van der Waals surface area (Å²) in [7, 11) is 0. The van der Waals surface area contributed by atoms with Gasteiger partial charge in [0.2, 0.25) is 0 Å². The minimum Gasteiger partial charge on any atom is -0.281 e. The zero-order valence-corrected chi connectivity index (χ0v) is 12.6. The molecule has 0 N–H and O–H groups in total. The normalized spacial score (nSPS) is 17.1. The topological polar surface area (TPSA) is 12.4 Å². The van der Waals surface area contributed by atoms with E-state index in [2.05, 4.69) is 48.0 Å². The van der Waals surface area contributed by atoms with Crippen molar-refractivity contribution in [3.63, 3.8) is 0 Å². The van der Waals surface area contributed by atoms with Gasteiger partial charge in [-0.2, -0.15) is 0 Å². The van der Waals surface area contributed by atoms with Crippen molar-refractivity contribution in [1.29, 1.82) is 0 Å². The van der Waals surface area contributed by atoms with E-state index in [9.17, 15) is 0 Å². The summed E-state index contributed by atoms with van der Waals surface area (Å²) in [5, 5.41) is 0. The van der Waals surface area contributed by atoms with Crippen molar-refractivity contribution < 1.29 is 0 Å². The Labute approximate surface area is 122 Å². The molecule has 1 heteroatoms. The molecule has 1 aliphatic rings. The molecule has 0 spiro atoms. The Balaban J connectivity index is 0.000000956. The maximum Gasteiger partial charge on any atom is 0.0933 e. The molecule has 2 rings (SSSR count). The minimum atomic E-state index is 0.188. The summed E-state index contributed by atoms with van der Waals surface area (Å²) in [6.45, 7) is 9.77. The lowest BCUT2D eigenvalue weighted by Gasteiger charge is -2.07. The zero-order chi connectivity index (χ0) is 14.8. The van der Waals surface area contributed by atoms with Gasteiger partial charge in [0.1, 0.15) is 0 Å². The van der Waals surface area contributed by atoms with Crippen LogP contribution in [0.15, 0.2) is 72.3 Å². The van der Waals surface area contributed by atoms with Gasteiger partial charge in [0.25, 0.3) is 0 Å². The molecule has 20 heavy (non-hydrogen) atoms. The van der Waals surface area contributed by atoms with Crippen molar-refractivity contribution >= 4 is 11.8 Å². The highest BCUT2D eigenvalue weighted by Gasteiger charge is 2.07. The monoisotopic (exact) mass is 265 g/mol. The van der Waals surface area contributed by atoms with Gasteiger partial charge in [0, 0.05) is 6.21 Å². The summed E-state index contributed by atoms with van der Waals surface area (Å²) in [6.07, 6.45) is 13.9. The standard InChI is InChI=1S/C17H17N.C2H6/c1-3-6-14(7-4-2)15-9-11-16(12-10-15)17-8-5-13-18-17;1-2/h3-13,17H,1H2,2H3;1-2H3/b7-4-,14-6+;. The molecule has 0 fully saturated rings. The van der Waals surface area contributed by atoms with E-state index in [4.69, 9.17) is 0 Å². The van der Waals surface area contributed by atoms with E-state index >= 15 is 0 Å². The Hall–Kier alpha value is -2.15. The van der Waals surface area contributed by atoms with E-state index in [1.165, 1.54) is 16.7 Å². The maximum absolute atomic E-state index is 4.37. The van der Waals surface area contributed by atoms with Gasteiger partial charge in [-0.05, 0) is 29.7 Å². The van der Waals surface area contributed by atoms with Crippen LogP contribution in [0.4, 0.5) is 0 Å². The average Bonchev–Trinajstić information content (AvgIpc) is 3.04. The summed E-state index contributed by atoms with van der Waals surface area (Å²) in [6, 6.07) is 8.71. The Bertz CT molecular complexity index is 515. The van der Waals surface area contributed by atoms with Gasteiger partial charge in [0.15, 0.2) is 0 Å². The summed E-state index contributed by atoms with van der Waals surface area (Å²) < 4.78 is 0. The zero-order valence-electron chi connectivity index (χ0n) is 12.6. The van der Waals surface area contributed by atoms with Crippen LogP contribution in [0.5, 0.6) is 0 Å². The van der Waals surface area contributed by atoms with Gasteiger partial charge in [-0.25, -0.2) is 0 Å². The lowest BCUT2D eigenvalue weighted by molar-refractivity contribution is 0.935. The number of aliphatic imine (C=N–C) groups is 1. The van der Waals surface area contributed by atoms with Gasteiger partial charge in [-0.3, -0.25) is 4.99 Å². The molecule has 0 amide bonds. The molecule has 1 aromatic carbocycles. The van der Waals surface area contributed by atoms with Crippen LogP contribution in [0.2, 0.25) is 0 Å². The first-order valence-electron chi connectivity index (χ1n) is 7.11. The maximum atomic E-state index is 4.37. The molecule has 104 valence electrons. The first kappa shape index (κ1) is 15.9. The fraction of sp³-hybridized carbons (Fsp3) is 0.211. The Kier molecular flexibility index (Phi) is 7.05. The molecule has 0 aromatic heterocycles. The van der Waals surface area contributed by atoms with Gasteiger partial charge >= 0.3 is 0 Å². The van der Waals surface area contributed by atoms with E-state index in [1.54, 1.807) is 0 Å². The van der Waals surface area contributed by atoms with E-state index < -0.39 is 0 Å². The Morgan fingerprint density at radius 2 is 1.90 bits per heavy atom. The summed E-state index contributed by atoms with van der Waals surface area (Å²) >= 11 is 0. The van der Waals surface area contributed by atoms with E-state index in [0.717, 1.165) is 0 Å². The van der Waals surface area contributed by atoms with E-state index in [0.29, 0.717) is 0 Å². The van der Waals surface area contributed by atoms with Crippen LogP contribution in [0.1, 0.15) is 37.9 Å². The summed E-state index contributed by atoms with van der Waals surface area (Å²) in [4.78, 5) is 4.37. The average molecular weight is 265 g/mol. The molecule has 1 aromatic rings. The second-order valence-electron chi connectivity index (χ2n) is 4.11. The smallest absolute Gasteiger partial charge is 0.0933 e. The van der Waals surface area contributed by atoms with Crippen molar-refractivity contribution in [1.82, 2.24) is 0 Å². The van der Waals surface area contributed by atoms with Crippen LogP contribution in [-0.4, -0.2) is 6.21 Å². The molecule has 1 unspecified atom stereocenters. The highest BCUT2D eigenvalue weighted by atomic mass is 14.8. The van der Waals surface area contributed by atoms with Crippen molar-refractivity contribution in [3.05, 3.63) is 78.4 Å². The first-order valence-corrected chi connectivity index (χ1v) is 7.11. The number of nitrogens with zero attached hydrogens (tertiary/aromatic N) is 1. The van der Waals surface area contributed by atoms with Crippen LogP contribution in [0, 0.1) is 0 Å². The fourth-order valence-electron chi connectivity index (χ4n) is 1.97. The molecule has 0 radical (unpaired) electrons. The largest absolute Gasteiger partial charge is 0.281 e. The van der Waals surface area contributed by atoms with Crippen LogP contribution >= 0.6 is 0 Å². The fourth-order valence-corrected chi connectivity index (χ4v) is 1.97. The van der Waals surface area contributed by atoms with Crippen molar-refractivity contribution in [3.8, 4) is 0 Å². The first-order chi connectivity index (χ1) is 9.85. The number of hydrogen-bond acceptors (Lipinski definition) is 1. The minimum absolute atomic E-state index is 0.188. The van der Waals surface area contributed by atoms with Crippen molar-refractivity contribution in [2.24, 2.45) is 4.99 Å². The molecule has 1 nitrogen and oxygen atoms in total.